The summed E-state index contributed by atoms with van der Waals surface area (Å²) in [6.07, 6.45) is 3.66. The van der Waals surface area contributed by atoms with Crippen LogP contribution in [0.15, 0.2) is 66.7 Å². The summed E-state index contributed by atoms with van der Waals surface area (Å²) in [6, 6.07) is 24.1. The molecule has 0 aliphatic heterocycles. The van der Waals surface area contributed by atoms with E-state index in [0.29, 0.717) is 0 Å². The van der Waals surface area contributed by atoms with Gasteiger partial charge in [0.2, 0.25) is 0 Å². The van der Waals surface area contributed by atoms with Gasteiger partial charge in [-0.2, -0.15) is 0 Å². The van der Waals surface area contributed by atoms with E-state index in [9.17, 15) is 0 Å². The van der Waals surface area contributed by atoms with E-state index >= 15 is 0 Å². The van der Waals surface area contributed by atoms with Gasteiger partial charge in [0.15, 0.2) is 0 Å². The second kappa shape index (κ2) is 5.92. The molecule has 0 bridgehead atoms. The highest BCUT2D eigenvalue weighted by Gasteiger charge is 2.05. The van der Waals surface area contributed by atoms with Gasteiger partial charge >= 0.3 is 0 Å². The molecule has 0 aliphatic carbocycles. The van der Waals surface area contributed by atoms with Crippen LogP contribution in [0.2, 0.25) is 0 Å². The van der Waals surface area contributed by atoms with E-state index in [1.54, 1.807) is 0 Å². The van der Waals surface area contributed by atoms with Crippen LogP contribution in [0.4, 0.5) is 0 Å². The first-order valence-electron chi connectivity index (χ1n) is 7.45. The number of rotatable bonds is 4. The Kier molecular flexibility index (Phi) is 3.83. The van der Waals surface area contributed by atoms with Crippen LogP contribution in [0.3, 0.4) is 0 Å². The van der Waals surface area contributed by atoms with E-state index in [4.69, 9.17) is 0 Å². The second-order valence-corrected chi connectivity index (χ2v) is 5.32. The van der Waals surface area contributed by atoms with Crippen molar-refractivity contribution in [2.45, 2.75) is 26.2 Å². The maximum absolute atomic E-state index is 2.31. The lowest BCUT2D eigenvalue weighted by atomic mass is 9.94. The molecule has 0 N–H and O–H groups in total. The third-order valence-corrected chi connectivity index (χ3v) is 3.88. The van der Waals surface area contributed by atoms with Crippen LogP contribution in [0.25, 0.3) is 21.9 Å². The molecule has 0 atom stereocenters. The van der Waals surface area contributed by atoms with Gasteiger partial charge in [0.25, 0.3) is 0 Å². The first kappa shape index (κ1) is 12.9. The summed E-state index contributed by atoms with van der Waals surface area (Å²) < 4.78 is 0. The van der Waals surface area contributed by atoms with Crippen LogP contribution in [0.1, 0.15) is 25.3 Å². The topological polar surface area (TPSA) is 0 Å². The minimum Gasteiger partial charge on any atom is -0.0654 e. The predicted octanol–water partition coefficient (Wildman–Crippen LogP) is 5.85. The Morgan fingerprint density at radius 2 is 1.50 bits per heavy atom. The molecule has 20 heavy (non-hydrogen) atoms. The van der Waals surface area contributed by atoms with Crippen LogP contribution >= 0.6 is 0 Å². The summed E-state index contributed by atoms with van der Waals surface area (Å²) in [6.45, 7) is 2.25. The molecule has 0 radical (unpaired) electrons. The first-order valence-corrected chi connectivity index (χ1v) is 7.45. The zero-order valence-electron chi connectivity index (χ0n) is 12.0. The summed E-state index contributed by atoms with van der Waals surface area (Å²) in [4.78, 5) is 0. The smallest absolute Gasteiger partial charge is 0.0152 e. The van der Waals surface area contributed by atoms with Crippen LogP contribution in [0.5, 0.6) is 0 Å². The fraction of sp³-hybridized carbons (Fsp3) is 0.200. The van der Waals surface area contributed by atoms with Crippen LogP contribution in [-0.4, -0.2) is 0 Å². The fourth-order valence-corrected chi connectivity index (χ4v) is 2.74. The molecule has 0 heteroatoms. The summed E-state index contributed by atoms with van der Waals surface area (Å²) in [7, 11) is 0. The number of aryl methyl sites for hydroxylation is 1. The molecule has 0 fully saturated rings. The van der Waals surface area contributed by atoms with Gasteiger partial charge in [0.1, 0.15) is 0 Å². The molecule has 0 amide bonds. The van der Waals surface area contributed by atoms with Gasteiger partial charge in [-0.05, 0) is 46.4 Å². The number of unbranched alkanes of at least 4 members (excludes halogenated alkanes) is 1. The molecule has 0 aliphatic rings. The molecule has 0 saturated carbocycles. The number of fused-ring (bicyclic) bond motifs is 1. The first-order chi connectivity index (χ1) is 9.88. The molecule has 100 valence electrons. The monoisotopic (exact) mass is 260 g/mol. The van der Waals surface area contributed by atoms with Gasteiger partial charge in [0, 0.05) is 0 Å². The Morgan fingerprint density at radius 3 is 2.35 bits per heavy atom. The lowest BCUT2D eigenvalue weighted by molar-refractivity contribution is 0.796. The average Bonchev–Trinajstić information content (AvgIpc) is 2.53. The van der Waals surface area contributed by atoms with Gasteiger partial charge in [-0.25, -0.2) is 0 Å². The second-order valence-electron chi connectivity index (χ2n) is 5.32. The van der Waals surface area contributed by atoms with Crippen LogP contribution in [0, 0.1) is 0 Å². The normalized spacial score (nSPS) is 10.8. The number of hydrogen-bond acceptors (Lipinski definition) is 0. The largest absolute Gasteiger partial charge is 0.0654 e. The van der Waals surface area contributed by atoms with Crippen molar-refractivity contribution in [2.75, 3.05) is 0 Å². The molecule has 0 nitrogen and oxygen atoms in total. The van der Waals surface area contributed by atoms with E-state index in [2.05, 4.69) is 73.7 Å². The van der Waals surface area contributed by atoms with Crippen LogP contribution in [-0.2, 0) is 6.42 Å². The summed E-state index contributed by atoms with van der Waals surface area (Å²) in [5.41, 5.74) is 4.17. The molecule has 3 aromatic carbocycles. The van der Waals surface area contributed by atoms with E-state index in [-0.39, 0.29) is 0 Å². The fourth-order valence-electron chi connectivity index (χ4n) is 2.74. The third-order valence-electron chi connectivity index (χ3n) is 3.88. The summed E-state index contributed by atoms with van der Waals surface area (Å²) >= 11 is 0. The number of benzene rings is 3. The summed E-state index contributed by atoms with van der Waals surface area (Å²) in [5.74, 6) is 0. The van der Waals surface area contributed by atoms with E-state index < -0.39 is 0 Å². The van der Waals surface area contributed by atoms with Crippen molar-refractivity contribution in [2.24, 2.45) is 0 Å². The molecular formula is C20H20. The maximum Gasteiger partial charge on any atom is -0.0152 e. The molecule has 0 heterocycles. The van der Waals surface area contributed by atoms with Crippen molar-refractivity contribution in [3.05, 3.63) is 72.3 Å². The Bertz CT molecular complexity index is 710. The minimum atomic E-state index is 1.17. The predicted molar refractivity (Wildman–Crippen MR) is 88.0 cm³/mol. The van der Waals surface area contributed by atoms with E-state index in [0.717, 1.165) is 0 Å². The van der Waals surface area contributed by atoms with Crippen molar-refractivity contribution in [3.63, 3.8) is 0 Å². The number of hydrogen-bond donors (Lipinski definition) is 0. The average molecular weight is 260 g/mol. The van der Waals surface area contributed by atoms with Crippen molar-refractivity contribution in [1.82, 2.24) is 0 Å². The Balaban J connectivity index is 2.06. The molecule has 0 unspecified atom stereocenters. The van der Waals surface area contributed by atoms with Gasteiger partial charge < -0.3 is 0 Å². The van der Waals surface area contributed by atoms with Crippen molar-refractivity contribution < 1.29 is 0 Å². The maximum atomic E-state index is 2.31. The quantitative estimate of drug-likeness (QED) is 0.552. The van der Waals surface area contributed by atoms with Gasteiger partial charge in [-0.1, -0.05) is 74.0 Å². The molecular weight excluding hydrogens is 240 g/mol. The highest BCUT2D eigenvalue weighted by atomic mass is 14.1. The standard InChI is InChI=1S/C20H20/c1-2-3-8-17-10-6-7-12-20(17)19-14-13-16-9-4-5-11-18(16)15-19/h4-7,9-15H,2-3,8H2,1H3. The Morgan fingerprint density at radius 1 is 0.750 bits per heavy atom. The lowest BCUT2D eigenvalue weighted by Crippen LogP contribution is -1.90. The zero-order valence-corrected chi connectivity index (χ0v) is 12.0. The van der Waals surface area contributed by atoms with Crippen LogP contribution < -0.4 is 0 Å². The van der Waals surface area contributed by atoms with Crippen molar-refractivity contribution in [3.8, 4) is 11.1 Å². The van der Waals surface area contributed by atoms with E-state index in [1.165, 1.54) is 46.7 Å². The van der Waals surface area contributed by atoms with E-state index in [1.807, 2.05) is 0 Å². The third kappa shape index (κ3) is 2.60. The Hall–Kier alpha value is -2.08. The van der Waals surface area contributed by atoms with Crippen molar-refractivity contribution >= 4 is 10.8 Å². The van der Waals surface area contributed by atoms with Crippen molar-refractivity contribution in [1.29, 1.82) is 0 Å². The lowest BCUT2D eigenvalue weighted by Gasteiger charge is -2.10. The summed E-state index contributed by atoms with van der Waals surface area (Å²) in [5, 5.41) is 2.62. The van der Waals surface area contributed by atoms with Gasteiger partial charge in [-0.3, -0.25) is 0 Å². The Labute approximate surface area is 121 Å². The SMILES string of the molecule is CCCCc1ccccc1-c1ccc2ccccc2c1. The van der Waals surface area contributed by atoms with Gasteiger partial charge in [0.05, 0.1) is 0 Å². The van der Waals surface area contributed by atoms with Gasteiger partial charge in [-0.15, -0.1) is 0 Å². The minimum absolute atomic E-state index is 1.17. The molecule has 0 saturated heterocycles. The highest BCUT2D eigenvalue weighted by Crippen LogP contribution is 2.28. The molecule has 0 aromatic heterocycles. The highest BCUT2D eigenvalue weighted by molar-refractivity contribution is 5.87. The molecule has 3 aromatic rings. The molecule has 3 rings (SSSR count). The zero-order chi connectivity index (χ0) is 13.8. The molecule has 0 spiro atoms.